The van der Waals surface area contributed by atoms with Crippen LogP contribution in [0.2, 0.25) is 0 Å². The predicted octanol–water partition coefficient (Wildman–Crippen LogP) is 0.910. The van der Waals surface area contributed by atoms with Crippen LogP contribution in [0.15, 0.2) is 24.5 Å². The Kier molecular flexibility index (Phi) is 4.51. The van der Waals surface area contributed by atoms with Gasteiger partial charge in [0.1, 0.15) is 6.10 Å². The maximum Gasteiger partial charge on any atom is 0.330 e. The maximum absolute atomic E-state index is 10.7. The van der Waals surface area contributed by atoms with E-state index in [0.29, 0.717) is 0 Å². The number of pyridine rings is 1. The third kappa shape index (κ3) is 3.16. The molecule has 0 saturated heterocycles. The molecule has 1 aromatic heterocycles. The van der Waals surface area contributed by atoms with Crippen molar-refractivity contribution in [2.75, 3.05) is 0 Å². The van der Waals surface area contributed by atoms with Crippen LogP contribution < -0.4 is 0 Å². The van der Waals surface area contributed by atoms with Gasteiger partial charge in [0.2, 0.25) is 0 Å². The Balaban J connectivity index is 2.96. The Bertz CT molecular complexity index is 372. The third-order valence-corrected chi connectivity index (χ3v) is 4.42. The molecule has 1 heterocycles. The minimum Gasteiger partial charge on any atom is -0.387 e. The minimum absolute atomic E-state index is 0.234. The molecular formula is C7H9NO5P2. The fourth-order valence-electron chi connectivity index (χ4n) is 1.05. The lowest BCUT2D eigenvalue weighted by Gasteiger charge is -2.16. The van der Waals surface area contributed by atoms with E-state index >= 15 is 0 Å². The van der Waals surface area contributed by atoms with E-state index in [0.717, 1.165) is 0 Å². The average Bonchev–Trinajstić information content (AvgIpc) is 2.18. The van der Waals surface area contributed by atoms with Crippen molar-refractivity contribution in [3.63, 3.8) is 0 Å². The number of rotatable bonds is 4. The monoisotopic (exact) mass is 249 g/mol. The lowest BCUT2D eigenvalue weighted by atomic mass is 10.2. The second-order valence-corrected chi connectivity index (χ2v) is 5.48. The van der Waals surface area contributed by atoms with E-state index in [9.17, 15) is 14.2 Å². The number of nitrogens with zero attached hydrogens (tertiary/aromatic N) is 1. The number of hydrogen-bond donors (Lipinski definition) is 3. The van der Waals surface area contributed by atoms with Gasteiger partial charge in [0.25, 0.3) is 0 Å². The summed E-state index contributed by atoms with van der Waals surface area (Å²) in [4.78, 5) is 21.4. The molecule has 0 amide bonds. The molecule has 82 valence electrons. The van der Waals surface area contributed by atoms with E-state index < -0.39 is 27.6 Å². The van der Waals surface area contributed by atoms with Crippen LogP contribution >= 0.6 is 16.1 Å². The van der Waals surface area contributed by atoms with Gasteiger partial charge in [-0.2, -0.15) is 0 Å². The van der Waals surface area contributed by atoms with Crippen LogP contribution in [0.4, 0.5) is 0 Å². The van der Waals surface area contributed by atoms with Gasteiger partial charge in [-0.1, -0.05) is 6.07 Å². The molecule has 0 bridgehead atoms. The minimum atomic E-state index is -3.12. The summed E-state index contributed by atoms with van der Waals surface area (Å²) in [6, 6.07) is 2.98. The van der Waals surface area contributed by atoms with Gasteiger partial charge in [-0.05, 0) is 6.07 Å². The van der Waals surface area contributed by atoms with Gasteiger partial charge in [0.05, 0.1) is 0 Å². The van der Waals surface area contributed by atoms with Crippen LogP contribution in [-0.2, 0) is 9.13 Å². The van der Waals surface area contributed by atoms with Crippen LogP contribution in [0.1, 0.15) is 11.7 Å². The highest BCUT2D eigenvalue weighted by molar-refractivity contribution is 7.59. The van der Waals surface area contributed by atoms with Crippen LogP contribution in [0, 0.1) is 0 Å². The lowest BCUT2D eigenvalue weighted by Crippen LogP contribution is -2.11. The summed E-state index contributed by atoms with van der Waals surface area (Å²) in [5.41, 5.74) is 0.234. The maximum atomic E-state index is 10.7. The van der Waals surface area contributed by atoms with Crippen molar-refractivity contribution < 1.29 is 24.0 Å². The molecule has 8 heteroatoms. The van der Waals surface area contributed by atoms with Crippen LogP contribution in [0.25, 0.3) is 0 Å². The van der Waals surface area contributed by atoms with Gasteiger partial charge >= 0.3 is 7.68 Å². The van der Waals surface area contributed by atoms with Crippen LogP contribution in [0.3, 0.4) is 0 Å². The second kappa shape index (κ2) is 5.45. The molecule has 0 spiro atoms. The summed E-state index contributed by atoms with van der Waals surface area (Å²) in [5.74, 6) is 0. The van der Waals surface area contributed by atoms with Crippen molar-refractivity contribution >= 4 is 16.1 Å². The number of aliphatic hydroxyl groups is 1. The van der Waals surface area contributed by atoms with E-state index in [-0.39, 0.29) is 5.56 Å². The Morgan fingerprint density at radius 2 is 2.00 bits per heavy atom. The second-order valence-electron chi connectivity index (χ2n) is 2.75. The van der Waals surface area contributed by atoms with E-state index in [1.165, 1.54) is 24.5 Å². The molecule has 0 fully saturated rings. The molecule has 2 atom stereocenters. The van der Waals surface area contributed by atoms with E-state index in [2.05, 4.69) is 4.98 Å². The largest absolute Gasteiger partial charge is 0.387 e. The summed E-state index contributed by atoms with van der Waals surface area (Å²) >= 11 is 0. The van der Waals surface area contributed by atoms with Gasteiger partial charge in [0, 0.05) is 18.0 Å². The summed E-state index contributed by atoms with van der Waals surface area (Å²) in [7, 11) is -5.86. The smallest absolute Gasteiger partial charge is 0.330 e. The van der Waals surface area contributed by atoms with E-state index in [1.807, 2.05) is 0 Å². The summed E-state index contributed by atoms with van der Waals surface area (Å²) in [6.07, 6.45) is 1.26. The molecule has 0 aliphatic rings. The molecule has 2 unspecified atom stereocenters. The zero-order chi connectivity index (χ0) is 11.4. The molecular weight excluding hydrogens is 240 g/mol. The molecule has 0 aliphatic carbocycles. The van der Waals surface area contributed by atoms with Crippen molar-refractivity contribution in [2.45, 2.75) is 11.5 Å². The zero-order valence-corrected chi connectivity index (χ0v) is 9.25. The van der Waals surface area contributed by atoms with E-state index in [1.54, 1.807) is 0 Å². The van der Waals surface area contributed by atoms with E-state index in [4.69, 9.17) is 9.79 Å². The normalized spacial score (nSPS) is 14.9. The summed E-state index contributed by atoms with van der Waals surface area (Å²) in [5, 5.41) is 8.01. The highest BCUT2D eigenvalue weighted by Gasteiger charge is 2.33. The SMILES string of the molecule is O=P(=O)C(C(O)c1cccnc1)P(O)O. The lowest BCUT2D eigenvalue weighted by molar-refractivity contribution is 0.185. The van der Waals surface area contributed by atoms with Gasteiger partial charge in [0.15, 0.2) is 13.8 Å². The predicted molar refractivity (Wildman–Crippen MR) is 52.6 cm³/mol. The molecule has 0 aliphatic heterocycles. The van der Waals surface area contributed by atoms with Gasteiger partial charge in [-0.3, -0.25) is 4.98 Å². The molecule has 6 nitrogen and oxygen atoms in total. The number of aromatic nitrogens is 1. The number of aliphatic hydroxyl groups excluding tert-OH is 1. The summed E-state index contributed by atoms with van der Waals surface area (Å²) in [6.45, 7) is 0. The first kappa shape index (κ1) is 12.4. The molecule has 1 rings (SSSR count). The molecule has 0 saturated carbocycles. The molecule has 0 aromatic carbocycles. The molecule has 15 heavy (non-hydrogen) atoms. The fraction of sp³-hybridized carbons (Fsp3) is 0.286. The molecule has 0 radical (unpaired) electrons. The molecule has 3 N–H and O–H groups in total. The first-order valence-electron chi connectivity index (χ1n) is 3.92. The van der Waals surface area contributed by atoms with Crippen molar-refractivity contribution in [3.05, 3.63) is 30.1 Å². The quantitative estimate of drug-likeness (QED) is 0.684. The third-order valence-electron chi connectivity index (χ3n) is 1.76. The highest BCUT2D eigenvalue weighted by Crippen LogP contribution is 2.48. The topological polar surface area (TPSA) is 108 Å². The first-order chi connectivity index (χ1) is 7.04. The highest BCUT2D eigenvalue weighted by atomic mass is 31.2. The Morgan fingerprint density at radius 3 is 2.40 bits per heavy atom. The number of hydrogen-bond acceptors (Lipinski definition) is 6. The van der Waals surface area contributed by atoms with Gasteiger partial charge < -0.3 is 14.9 Å². The van der Waals surface area contributed by atoms with Gasteiger partial charge in [-0.15, -0.1) is 0 Å². The Labute approximate surface area is 87.3 Å². The first-order valence-corrected chi connectivity index (χ1v) is 6.49. The van der Waals surface area contributed by atoms with Crippen molar-refractivity contribution in [3.8, 4) is 0 Å². The van der Waals surface area contributed by atoms with Crippen LogP contribution in [-0.4, -0.2) is 25.3 Å². The van der Waals surface area contributed by atoms with Crippen molar-refractivity contribution in [1.29, 1.82) is 0 Å². The van der Waals surface area contributed by atoms with Crippen molar-refractivity contribution in [1.82, 2.24) is 4.98 Å². The standard InChI is InChI=1S/C7H9NO5P2/c9-6(5-2-1-3-8-4-5)7(14(10)11)15(12)13/h1-4,6-7,9-11H. The average molecular weight is 249 g/mol. The molecule has 1 aromatic rings. The van der Waals surface area contributed by atoms with Crippen molar-refractivity contribution in [2.24, 2.45) is 0 Å². The van der Waals surface area contributed by atoms with Gasteiger partial charge in [-0.25, -0.2) is 9.13 Å². The Hall–Kier alpha value is -0.640. The van der Waals surface area contributed by atoms with Crippen LogP contribution in [0.5, 0.6) is 0 Å². The zero-order valence-electron chi connectivity index (χ0n) is 7.46. The summed E-state index contributed by atoms with van der Waals surface area (Å²) < 4.78 is 21.4. The Morgan fingerprint density at radius 1 is 1.33 bits per heavy atom. The fourth-order valence-corrected chi connectivity index (χ4v) is 2.55.